The lowest BCUT2D eigenvalue weighted by Crippen LogP contribution is -2.28. The minimum atomic E-state index is -0.736. The van der Waals surface area contributed by atoms with Crippen LogP contribution in [0.1, 0.15) is 31.4 Å². The largest absolute Gasteiger partial charge is 0.481 e. The average molecular weight is 249 g/mol. The number of nitrogens with zero attached hydrogens (tertiary/aromatic N) is 1. The van der Waals surface area contributed by atoms with E-state index in [4.69, 9.17) is 5.11 Å². The van der Waals surface area contributed by atoms with Crippen LogP contribution in [0.4, 0.5) is 0 Å². The summed E-state index contributed by atoms with van der Waals surface area (Å²) in [7, 11) is 1.96. The molecule has 0 heterocycles. The summed E-state index contributed by atoms with van der Waals surface area (Å²) in [6, 6.07) is 8.58. The summed E-state index contributed by atoms with van der Waals surface area (Å²) < 4.78 is 0. The van der Waals surface area contributed by atoms with E-state index in [0.717, 1.165) is 19.4 Å². The Morgan fingerprint density at radius 2 is 1.83 bits per heavy atom. The Morgan fingerprint density at radius 3 is 2.33 bits per heavy atom. The summed E-state index contributed by atoms with van der Waals surface area (Å²) in [5.74, 6) is -1.06. The molecule has 0 aliphatic heterocycles. The Morgan fingerprint density at radius 1 is 1.28 bits per heavy atom. The Kier molecular flexibility index (Phi) is 5.86. The molecule has 3 nitrogen and oxygen atoms in total. The fraction of sp³-hybridized carbons (Fsp3) is 0.533. The molecule has 0 saturated heterocycles. The molecular weight excluding hydrogens is 226 g/mol. The highest BCUT2D eigenvalue weighted by atomic mass is 16.4. The van der Waals surface area contributed by atoms with Crippen LogP contribution in [-0.4, -0.2) is 29.6 Å². The molecule has 0 aliphatic carbocycles. The van der Waals surface area contributed by atoms with Crippen molar-refractivity contribution in [3.05, 3.63) is 35.4 Å². The molecule has 1 rings (SSSR count). The zero-order valence-electron chi connectivity index (χ0n) is 11.5. The molecule has 0 spiro atoms. The van der Waals surface area contributed by atoms with Crippen LogP contribution < -0.4 is 0 Å². The fourth-order valence-corrected chi connectivity index (χ4v) is 2.02. The van der Waals surface area contributed by atoms with Gasteiger partial charge in [-0.05, 0) is 24.6 Å². The van der Waals surface area contributed by atoms with Gasteiger partial charge in [0.1, 0.15) is 0 Å². The molecule has 0 bridgehead atoms. The highest BCUT2D eigenvalue weighted by Gasteiger charge is 2.13. The Balaban J connectivity index is 2.48. The van der Waals surface area contributed by atoms with Gasteiger partial charge in [0.2, 0.25) is 0 Å². The van der Waals surface area contributed by atoms with E-state index in [9.17, 15) is 4.79 Å². The first-order chi connectivity index (χ1) is 8.52. The van der Waals surface area contributed by atoms with Crippen LogP contribution in [0, 0.1) is 5.92 Å². The van der Waals surface area contributed by atoms with Gasteiger partial charge in [-0.3, -0.25) is 4.79 Å². The second-order valence-electron chi connectivity index (χ2n) is 5.00. The molecule has 1 N–H and O–H groups in total. The summed E-state index contributed by atoms with van der Waals surface area (Å²) in [6.45, 7) is 5.29. The van der Waals surface area contributed by atoms with E-state index in [-0.39, 0.29) is 5.92 Å². The van der Waals surface area contributed by atoms with Crippen LogP contribution in [0.2, 0.25) is 0 Å². The third kappa shape index (κ3) is 4.88. The van der Waals surface area contributed by atoms with Gasteiger partial charge in [0, 0.05) is 13.1 Å². The van der Waals surface area contributed by atoms with E-state index in [1.165, 1.54) is 11.1 Å². The number of benzene rings is 1. The molecule has 0 aromatic heterocycles. The zero-order chi connectivity index (χ0) is 13.5. The van der Waals surface area contributed by atoms with Crippen molar-refractivity contribution in [2.24, 2.45) is 5.92 Å². The molecule has 0 amide bonds. The highest BCUT2D eigenvalue weighted by Crippen LogP contribution is 2.09. The summed E-state index contributed by atoms with van der Waals surface area (Å²) in [5, 5.41) is 8.87. The summed E-state index contributed by atoms with van der Waals surface area (Å²) >= 11 is 0. The molecule has 1 aromatic carbocycles. The number of aliphatic carboxylic acids is 1. The minimum Gasteiger partial charge on any atom is -0.481 e. The quantitative estimate of drug-likeness (QED) is 0.807. The molecule has 3 heteroatoms. The number of aryl methyl sites for hydroxylation is 1. The number of rotatable bonds is 7. The molecular formula is C15H23NO2. The second-order valence-corrected chi connectivity index (χ2v) is 5.00. The van der Waals surface area contributed by atoms with Crippen LogP contribution in [0.15, 0.2) is 24.3 Å². The van der Waals surface area contributed by atoms with Crippen molar-refractivity contribution in [1.82, 2.24) is 4.90 Å². The third-order valence-electron chi connectivity index (χ3n) is 3.02. The monoisotopic (exact) mass is 249 g/mol. The van der Waals surface area contributed by atoms with E-state index in [1.807, 2.05) is 11.9 Å². The van der Waals surface area contributed by atoms with Gasteiger partial charge in [-0.1, -0.05) is 44.5 Å². The predicted molar refractivity (Wildman–Crippen MR) is 73.6 cm³/mol. The summed E-state index contributed by atoms with van der Waals surface area (Å²) in [6.07, 6.45) is 2.28. The van der Waals surface area contributed by atoms with E-state index >= 15 is 0 Å². The van der Waals surface area contributed by atoms with Gasteiger partial charge < -0.3 is 10.0 Å². The topological polar surface area (TPSA) is 40.5 Å². The number of hydrogen-bond acceptors (Lipinski definition) is 2. The fourth-order valence-electron chi connectivity index (χ4n) is 2.02. The Hall–Kier alpha value is -1.35. The molecule has 1 atom stereocenters. The molecule has 18 heavy (non-hydrogen) atoms. The van der Waals surface area contributed by atoms with Crippen molar-refractivity contribution in [3.63, 3.8) is 0 Å². The number of hydrogen-bond donors (Lipinski definition) is 1. The van der Waals surface area contributed by atoms with Crippen molar-refractivity contribution in [1.29, 1.82) is 0 Å². The van der Waals surface area contributed by atoms with Crippen LogP contribution >= 0.6 is 0 Å². The average Bonchev–Trinajstić information content (AvgIpc) is 2.31. The van der Waals surface area contributed by atoms with Crippen molar-refractivity contribution >= 4 is 5.97 Å². The first-order valence-corrected chi connectivity index (χ1v) is 6.52. The normalized spacial score (nSPS) is 12.7. The predicted octanol–water partition coefficient (Wildman–Crippen LogP) is 2.79. The molecule has 1 aromatic rings. The van der Waals surface area contributed by atoms with Gasteiger partial charge in [-0.25, -0.2) is 0 Å². The maximum absolute atomic E-state index is 10.8. The highest BCUT2D eigenvalue weighted by molar-refractivity contribution is 5.69. The Bertz CT molecular complexity index is 373. The third-order valence-corrected chi connectivity index (χ3v) is 3.02. The van der Waals surface area contributed by atoms with E-state index in [2.05, 4.69) is 31.2 Å². The maximum atomic E-state index is 10.8. The van der Waals surface area contributed by atoms with Crippen LogP contribution in [0.25, 0.3) is 0 Å². The van der Waals surface area contributed by atoms with Gasteiger partial charge in [0.05, 0.1) is 5.92 Å². The first-order valence-electron chi connectivity index (χ1n) is 6.52. The van der Waals surface area contributed by atoms with Gasteiger partial charge in [0.25, 0.3) is 0 Å². The van der Waals surface area contributed by atoms with Crippen LogP contribution in [-0.2, 0) is 17.8 Å². The van der Waals surface area contributed by atoms with Crippen molar-refractivity contribution < 1.29 is 9.90 Å². The van der Waals surface area contributed by atoms with Crippen LogP contribution in [0.5, 0.6) is 0 Å². The number of carbonyl (C=O) groups is 1. The van der Waals surface area contributed by atoms with Gasteiger partial charge >= 0.3 is 5.97 Å². The standard InChI is InChI=1S/C15H23NO2/c1-4-5-13-6-8-14(9-7-13)11-16(3)10-12(2)15(17)18/h6-9,12H,4-5,10-11H2,1-3H3,(H,17,18). The lowest BCUT2D eigenvalue weighted by molar-refractivity contribution is -0.141. The van der Waals surface area contributed by atoms with Crippen molar-refractivity contribution in [3.8, 4) is 0 Å². The SMILES string of the molecule is CCCc1ccc(CN(C)CC(C)C(=O)O)cc1. The summed E-state index contributed by atoms with van der Waals surface area (Å²) in [4.78, 5) is 12.8. The molecule has 100 valence electrons. The lowest BCUT2D eigenvalue weighted by atomic mass is 10.1. The first kappa shape index (κ1) is 14.7. The van der Waals surface area contributed by atoms with Crippen molar-refractivity contribution in [2.75, 3.05) is 13.6 Å². The molecule has 0 fully saturated rings. The number of carboxylic acids is 1. The maximum Gasteiger partial charge on any atom is 0.307 e. The van der Waals surface area contributed by atoms with E-state index < -0.39 is 5.97 Å². The lowest BCUT2D eigenvalue weighted by Gasteiger charge is -2.19. The minimum absolute atomic E-state index is 0.325. The smallest absolute Gasteiger partial charge is 0.307 e. The van der Waals surface area contributed by atoms with Gasteiger partial charge in [0.15, 0.2) is 0 Å². The molecule has 1 unspecified atom stereocenters. The van der Waals surface area contributed by atoms with Gasteiger partial charge in [-0.15, -0.1) is 0 Å². The van der Waals surface area contributed by atoms with Gasteiger partial charge in [-0.2, -0.15) is 0 Å². The Labute approximate surface area is 109 Å². The van der Waals surface area contributed by atoms with E-state index in [0.29, 0.717) is 6.54 Å². The molecule has 0 saturated carbocycles. The van der Waals surface area contributed by atoms with E-state index in [1.54, 1.807) is 6.92 Å². The van der Waals surface area contributed by atoms with Crippen molar-refractivity contribution in [2.45, 2.75) is 33.2 Å². The molecule has 0 aliphatic rings. The second kappa shape index (κ2) is 7.17. The zero-order valence-corrected chi connectivity index (χ0v) is 11.5. The van der Waals surface area contributed by atoms with Crippen LogP contribution in [0.3, 0.4) is 0 Å². The molecule has 0 radical (unpaired) electrons. The number of carboxylic acid groups (broad SMARTS) is 1. The summed E-state index contributed by atoms with van der Waals surface area (Å²) in [5.41, 5.74) is 2.60.